The Balaban J connectivity index is 1.64. The van der Waals surface area contributed by atoms with Crippen molar-refractivity contribution in [1.29, 1.82) is 10.5 Å². The minimum Gasteiger partial charge on any atom is -0.457 e. The van der Waals surface area contributed by atoms with Crippen molar-refractivity contribution < 1.29 is 13.9 Å². The highest BCUT2D eigenvalue weighted by atomic mass is 35.5. The van der Waals surface area contributed by atoms with Crippen LogP contribution in [-0.2, 0) is 4.74 Å². The van der Waals surface area contributed by atoms with Gasteiger partial charge in [-0.1, -0.05) is 23.7 Å². The number of nitrogens with zero attached hydrogens (tertiary/aromatic N) is 3. The number of benzene rings is 2. The zero-order valence-corrected chi connectivity index (χ0v) is 17.4. The standard InChI is InChI=1S/C23H12ClN3O3S/c24-18-7-5-14(12-17(18)23(28)29-10-9-25)20-8-6-16(30-20)11-15(13-26)22-27-19-3-1-2-4-21(19)31-22/h1-8,11-12H,10H2. The molecular weight excluding hydrogens is 434 g/mol. The zero-order chi connectivity index (χ0) is 21.8. The van der Waals surface area contributed by atoms with Crippen molar-refractivity contribution in [2.45, 2.75) is 0 Å². The summed E-state index contributed by atoms with van der Waals surface area (Å²) < 4.78 is 11.7. The van der Waals surface area contributed by atoms with Gasteiger partial charge < -0.3 is 9.15 Å². The molecule has 0 aliphatic rings. The zero-order valence-electron chi connectivity index (χ0n) is 15.8. The molecule has 0 amide bonds. The van der Waals surface area contributed by atoms with Gasteiger partial charge in [0.15, 0.2) is 6.61 Å². The lowest BCUT2D eigenvalue weighted by Gasteiger charge is -2.05. The van der Waals surface area contributed by atoms with Gasteiger partial charge in [-0.3, -0.25) is 0 Å². The summed E-state index contributed by atoms with van der Waals surface area (Å²) in [6, 6.07) is 19.8. The lowest BCUT2D eigenvalue weighted by atomic mass is 10.1. The van der Waals surface area contributed by atoms with Crippen LogP contribution in [0.2, 0.25) is 5.02 Å². The molecule has 0 atom stereocenters. The monoisotopic (exact) mass is 445 g/mol. The summed E-state index contributed by atoms with van der Waals surface area (Å²) in [6.07, 6.45) is 1.62. The molecule has 0 saturated heterocycles. The van der Waals surface area contributed by atoms with E-state index in [4.69, 9.17) is 26.0 Å². The predicted octanol–water partition coefficient (Wildman–Crippen LogP) is 5.95. The van der Waals surface area contributed by atoms with Crippen molar-refractivity contribution in [3.8, 4) is 23.5 Å². The maximum absolute atomic E-state index is 12.1. The summed E-state index contributed by atoms with van der Waals surface area (Å²) in [6.45, 7) is -0.363. The summed E-state index contributed by atoms with van der Waals surface area (Å²) >= 11 is 7.52. The van der Waals surface area contributed by atoms with Crippen LogP contribution in [0.5, 0.6) is 0 Å². The molecule has 0 saturated carbocycles. The summed E-state index contributed by atoms with van der Waals surface area (Å²) in [5.74, 6) is 0.260. The first-order valence-electron chi connectivity index (χ1n) is 9.00. The maximum atomic E-state index is 12.1. The largest absolute Gasteiger partial charge is 0.457 e. The number of rotatable bonds is 5. The molecule has 0 fully saturated rings. The van der Waals surface area contributed by atoms with Gasteiger partial charge in [-0.25, -0.2) is 9.78 Å². The van der Waals surface area contributed by atoms with Crippen LogP contribution in [-0.4, -0.2) is 17.6 Å². The molecule has 0 spiro atoms. The second kappa shape index (κ2) is 8.85. The highest BCUT2D eigenvalue weighted by molar-refractivity contribution is 7.19. The summed E-state index contributed by atoms with van der Waals surface area (Å²) in [7, 11) is 0. The number of carbonyl (C=O) groups is 1. The maximum Gasteiger partial charge on any atom is 0.340 e. The molecule has 31 heavy (non-hydrogen) atoms. The van der Waals surface area contributed by atoms with E-state index in [0.29, 0.717) is 27.7 Å². The highest BCUT2D eigenvalue weighted by Crippen LogP contribution is 2.31. The number of fused-ring (bicyclic) bond motifs is 1. The van der Waals surface area contributed by atoms with Gasteiger partial charge in [0, 0.05) is 11.6 Å². The number of para-hydroxylation sites is 1. The third-order valence-corrected chi connectivity index (χ3v) is 5.70. The Morgan fingerprint density at radius 1 is 1.19 bits per heavy atom. The number of furan rings is 1. The van der Waals surface area contributed by atoms with E-state index in [2.05, 4.69) is 11.1 Å². The van der Waals surface area contributed by atoms with E-state index < -0.39 is 5.97 Å². The van der Waals surface area contributed by atoms with Crippen molar-refractivity contribution in [2.75, 3.05) is 6.61 Å². The molecule has 0 N–H and O–H groups in total. The van der Waals surface area contributed by atoms with Crippen molar-refractivity contribution in [3.05, 3.63) is 76.0 Å². The van der Waals surface area contributed by atoms with E-state index in [9.17, 15) is 10.1 Å². The van der Waals surface area contributed by atoms with Crippen molar-refractivity contribution in [1.82, 2.24) is 4.98 Å². The number of hydrogen-bond acceptors (Lipinski definition) is 7. The fraction of sp³-hybridized carbons (Fsp3) is 0.0435. The van der Waals surface area contributed by atoms with E-state index in [1.54, 1.807) is 36.4 Å². The van der Waals surface area contributed by atoms with Crippen LogP contribution in [0.25, 0.3) is 33.2 Å². The molecule has 2 aromatic heterocycles. The first-order valence-corrected chi connectivity index (χ1v) is 10.2. The van der Waals surface area contributed by atoms with E-state index in [0.717, 1.165) is 10.2 Å². The molecule has 4 aromatic rings. The molecule has 0 unspecified atom stereocenters. The van der Waals surface area contributed by atoms with Gasteiger partial charge in [-0.15, -0.1) is 11.3 Å². The number of aromatic nitrogens is 1. The van der Waals surface area contributed by atoms with E-state index in [1.807, 2.05) is 24.3 Å². The molecule has 0 radical (unpaired) electrons. The Morgan fingerprint density at radius 2 is 2.03 bits per heavy atom. The topological polar surface area (TPSA) is 99.9 Å². The van der Waals surface area contributed by atoms with E-state index in [-0.39, 0.29) is 17.2 Å². The normalized spacial score (nSPS) is 11.1. The average molecular weight is 446 g/mol. The van der Waals surface area contributed by atoms with Crippen LogP contribution in [0.3, 0.4) is 0 Å². The fourth-order valence-electron chi connectivity index (χ4n) is 2.87. The van der Waals surface area contributed by atoms with Crippen molar-refractivity contribution >= 4 is 50.8 Å². The van der Waals surface area contributed by atoms with Gasteiger partial charge in [0.05, 0.1) is 26.4 Å². The third-order valence-electron chi connectivity index (χ3n) is 4.30. The fourth-order valence-corrected chi connectivity index (χ4v) is 3.99. The lowest BCUT2D eigenvalue weighted by Crippen LogP contribution is -2.06. The molecule has 8 heteroatoms. The van der Waals surface area contributed by atoms with Gasteiger partial charge in [-0.05, 0) is 42.5 Å². The van der Waals surface area contributed by atoms with Gasteiger partial charge in [-0.2, -0.15) is 10.5 Å². The van der Waals surface area contributed by atoms with Crippen molar-refractivity contribution in [2.24, 2.45) is 0 Å². The molecular formula is C23H12ClN3O3S. The number of esters is 1. The SMILES string of the molecule is N#CCOC(=O)c1cc(-c2ccc(C=C(C#N)c3nc4ccccc4s3)o2)ccc1Cl. The molecule has 6 nitrogen and oxygen atoms in total. The van der Waals surface area contributed by atoms with Crippen LogP contribution in [0.1, 0.15) is 21.1 Å². The molecule has 2 aromatic carbocycles. The number of hydrogen-bond donors (Lipinski definition) is 0. The summed E-state index contributed by atoms with van der Waals surface area (Å²) in [5.41, 5.74) is 1.96. The van der Waals surface area contributed by atoms with Crippen molar-refractivity contribution in [3.63, 3.8) is 0 Å². The van der Waals surface area contributed by atoms with Crippen LogP contribution in [0.4, 0.5) is 0 Å². The molecule has 0 aliphatic carbocycles. The van der Waals surface area contributed by atoms with E-state index in [1.165, 1.54) is 17.4 Å². The van der Waals surface area contributed by atoms with Gasteiger partial charge in [0.25, 0.3) is 0 Å². The molecule has 0 aliphatic heterocycles. The highest BCUT2D eigenvalue weighted by Gasteiger charge is 2.15. The second-order valence-corrected chi connectivity index (χ2v) is 7.73. The first kappa shape index (κ1) is 20.4. The number of allylic oxidation sites excluding steroid dienone is 1. The Labute approximate surface area is 186 Å². The first-order chi connectivity index (χ1) is 15.1. The van der Waals surface area contributed by atoms with Crippen LogP contribution < -0.4 is 0 Å². The number of halogens is 1. The number of ether oxygens (including phenoxy) is 1. The Kier molecular flexibility index (Phi) is 5.81. The minimum absolute atomic E-state index is 0.134. The van der Waals surface area contributed by atoms with Gasteiger partial charge in [0.2, 0.25) is 0 Å². The summed E-state index contributed by atoms with van der Waals surface area (Å²) in [4.78, 5) is 16.6. The quantitative estimate of drug-likeness (QED) is 0.278. The number of thiazole rings is 1. The molecule has 150 valence electrons. The molecule has 2 heterocycles. The lowest BCUT2D eigenvalue weighted by molar-refractivity contribution is 0.0555. The molecule has 0 bridgehead atoms. The average Bonchev–Trinajstić information content (AvgIpc) is 3.43. The molecule has 4 rings (SSSR count). The Bertz CT molecular complexity index is 1370. The van der Waals surface area contributed by atoms with Gasteiger partial charge >= 0.3 is 5.97 Å². The third kappa shape index (κ3) is 4.34. The van der Waals surface area contributed by atoms with E-state index >= 15 is 0 Å². The van der Waals surface area contributed by atoms with Crippen LogP contribution in [0, 0.1) is 22.7 Å². The second-order valence-electron chi connectivity index (χ2n) is 6.29. The van der Waals surface area contributed by atoms with Crippen LogP contribution in [0.15, 0.2) is 59.0 Å². The van der Waals surface area contributed by atoms with Gasteiger partial charge in [0.1, 0.15) is 28.7 Å². The Morgan fingerprint density at radius 3 is 2.81 bits per heavy atom. The smallest absolute Gasteiger partial charge is 0.340 e. The Hall–Kier alpha value is -3.91. The number of carbonyl (C=O) groups excluding carboxylic acids is 1. The number of nitriles is 2. The predicted molar refractivity (Wildman–Crippen MR) is 118 cm³/mol. The minimum atomic E-state index is -0.692. The summed E-state index contributed by atoms with van der Waals surface area (Å²) in [5, 5.41) is 19.0. The van der Waals surface area contributed by atoms with Crippen LogP contribution >= 0.6 is 22.9 Å².